The predicted molar refractivity (Wildman–Crippen MR) is 49.9 cm³/mol. The van der Waals surface area contributed by atoms with E-state index in [4.69, 9.17) is 15.9 Å². The fraction of sp³-hybridized carbons (Fsp3) is 0.600. The van der Waals surface area contributed by atoms with Gasteiger partial charge in [0.25, 0.3) is 0 Å². The zero-order chi connectivity index (χ0) is 9.07. The van der Waals surface area contributed by atoms with Gasteiger partial charge in [-0.2, -0.15) is 0 Å². The molecule has 0 fully saturated rings. The molecule has 0 aromatic rings. The van der Waals surface area contributed by atoms with Crippen molar-refractivity contribution in [2.24, 2.45) is 0 Å². The molecule has 12 heavy (non-hydrogen) atoms. The van der Waals surface area contributed by atoms with Crippen molar-refractivity contribution in [3.8, 4) is 12.3 Å². The third-order valence-electron chi connectivity index (χ3n) is 1.22. The standard InChI is InChI=1S/C10H16O2/c1-3-5-6-8-12-10-9-11-7-4-2/h1,4H,2,5-10H2. The summed E-state index contributed by atoms with van der Waals surface area (Å²) >= 11 is 0. The number of terminal acetylenes is 1. The highest BCUT2D eigenvalue weighted by atomic mass is 16.5. The Morgan fingerprint density at radius 2 is 2.00 bits per heavy atom. The molecule has 0 atom stereocenters. The summed E-state index contributed by atoms with van der Waals surface area (Å²) < 4.78 is 10.3. The van der Waals surface area contributed by atoms with Crippen LogP contribution in [0, 0.1) is 12.3 Å². The van der Waals surface area contributed by atoms with Crippen molar-refractivity contribution in [3.63, 3.8) is 0 Å². The molecule has 0 amide bonds. The number of hydrogen-bond donors (Lipinski definition) is 0. The van der Waals surface area contributed by atoms with Crippen LogP contribution in [0.25, 0.3) is 0 Å². The lowest BCUT2D eigenvalue weighted by Gasteiger charge is -2.02. The molecular formula is C10H16O2. The van der Waals surface area contributed by atoms with E-state index in [1.165, 1.54) is 0 Å². The van der Waals surface area contributed by atoms with Crippen LogP contribution in [0.1, 0.15) is 12.8 Å². The number of unbranched alkanes of at least 4 members (excludes halogenated alkanes) is 1. The van der Waals surface area contributed by atoms with Crippen LogP contribution in [0.2, 0.25) is 0 Å². The molecule has 0 aliphatic carbocycles. The van der Waals surface area contributed by atoms with Crippen molar-refractivity contribution in [2.45, 2.75) is 12.8 Å². The molecule has 0 unspecified atom stereocenters. The molecule has 2 nitrogen and oxygen atoms in total. The molecule has 2 heteroatoms. The number of rotatable bonds is 8. The van der Waals surface area contributed by atoms with Gasteiger partial charge in [-0.1, -0.05) is 6.08 Å². The first kappa shape index (κ1) is 11.2. The van der Waals surface area contributed by atoms with Crippen LogP contribution in [-0.2, 0) is 9.47 Å². The normalized spacial score (nSPS) is 9.25. The molecule has 0 bridgehead atoms. The van der Waals surface area contributed by atoms with Crippen molar-refractivity contribution in [1.29, 1.82) is 0 Å². The molecule has 0 aromatic carbocycles. The molecule has 0 aliphatic rings. The van der Waals surface area contributed by atoms with E-state index >= 15 is 0 Å². The van der Waals surface area contributed by atoms with Gasteiger partial charge in [0.2, 0.25) is 0 Å². The van der Waals surface area contributed by atoms with Gasteiger partial charge in [-0.05, 0) is 6.42 Å². The minimum absolute atomic E-state index is 0.591. The van der Waals surface area contributed by atoms with Crippen LogP contribution < -0.4 is 0 Å². The maximum absolute atomic E-state index is 5.23. The van der Waals surface area contributed by atoms with Crippen molar-refractivity contribution >= 4 is 0 Å². The second-order valence-electron chi connectivity index (χ2n) is 2.28. The second-order valence-corrected chi connectivity index (χ2v) is 2.28. The monoisotopic (exact) mass is 168 g/mol. The van der Waals surface area contributed by atoms with Crippen LogP contribution in [0.15, 0.2) is 12.7 Å². The highest BCUT2D eigenvalue weighted by Gasteiger charge is 1.87. The molecule has 0 radical (unpaired) electrons. The SMILES string of the molecule is C#CCCCOCCOCC=C. The smallest absolute Gasteiger partial charge is 0.0704 e. The fourth-order valence-corrected chi connectivity index (χ4v) is 0.663. The van der Waals surface area contributed by atoms with Crippen molar-refractivity contribution < 1.29 is 9.47 Å². The van der Waals surface area contributed by atoms with Crippen molar-refractivity contribution in [1.82, 2.24) is 0 Å². The fourth-order valence-electron chi connectivity index (χ4n) is 0.663. The predicted octanol–water partition coefficient (Wildman–Crippen LogP) is 1.62. The third kappa shape index (κ3) is 9.22. The van der Waals surface area contributed by atoms with E-state index in [1.54, 1.807) is 6.08 Å². The Labute approximate surface area is 74.6 Å². The van der Waals surface area contributed by atoms with Crippen LogP contribution in [0.5, 0.6) is 0 Å². The zero-order valence-corrected chi connectivity index (χ0v) is 7.42. The summed E-state index contributed by atoms with van der Waals surface area (Å²) in [6.45, 7) is 6.11. The summed E-state index contributed by atoms with van der Waals surface area (Å²) in [5.41, 5.74) is 0. The molecule has 0 aromatic heterocycles. The third-order valence-corrected chi connectivity index (χ3v) is 1.22. The lowest BCUT2D eigenvalue weighted by Crippen LogP contribution is -2.04. The lowest BCUT2D eigenvalue weighted by molar-refractivity contribution is 0.0579. The van der Waals surface area contributed by atoms with E-state index in [-0.39, 0.29) is 0 Å². The summed E-state index contributed by atoms with van der Waals surface area (Å²) in [5.74, 6) is 2.55. The molecule has 0 rings (SSSR count). The van der Waals surface area contributed by atoms with Gasteiger partial charge in [0.1, 0.15) is 0 Å². The van der Waals surface area contributed by atoms with Gasteiger partial charge >= 0.3 is 0 Å². The largest absolute Gasteiger partial charge is 0.379 e. The molecule has 0 aliphatic heterocycles. The van der Waals surface area contributed by atoms with Gasteiger partial charge in [0.15, 0.2) is 0 Å². The number of hydrogen-bond acceptors (Lipinski definition) is 2. The Morgan fingerprint density at radius 1 is 1.25 bits per heavy atom. The summed E-state index contributed by atoms with van der Waals surface area (Å²) in [7, 11) is 0. The van der Waals surface area contributed by atoms with Crippen LogP contribution in [0.4, 0.5) is 0 Å². The average Bonchev–Trinajstić information content (AvgIpc) is 2.10. The molecule has 0 saturated heterocycles. The molecular weight excluding hydrogens is 152 g/mol. The summed E-state index contributed by atoms with van der Waals surface area (Å²) in [4.78, 5) is 0. The van der Waals surface area contributed by atoms with Gasteiger partial charge in [-0.15, -0.1) is 18.9 Å². The van der Waals surface area contributed by atoms with Gasteiger partial charge in [-0.3, -0.25) is 0 Å². The minimum Gasteiger partial charge on any atom is -0.379 e. The zero-order valence-electron chi connectivity index (χ0n) is 7.42. The Hall–Kier alpha value is -0.780. The van der Waals surface area contributed by atoms with E-state index in [2.05, 4.69) is 12.5 Å². The average molecular weight is 168 g/mol. The summed E-state index contributed by atoms with van der Waals surface area (Å²) in [6, 6.07) is 0. The minimum atomic E-state index is 0.591. The van der Waals surface area contributed by atoms with E-state index in [0.717, 1.165) is 19.4 Å². The molecule has 0 heterocycles. The summed E-state index contributed by atoms with van der Waals surface area (Å²) in [6.07, 6.45) is 8.50. The van der Waals surface area contributed by atoms with Crippen LogP contribution in [-0.4, -0.2) is 26.4 Å². The van der Waals surface area contributed by atoms with Gasteiger partial charge < -0.3 is 9.47 Å². The van der Waals surface area contributed by atoms with E-state index in [9.17, 15) is 0 Å². The molecule has 68 valence electrons. The first-order valence-corrected chi connectivity index (χ1v) is 4.11. The van der Waals surface area contributed by atoms with E-state index in [0.29, 0.717) is 19.8 Å². The second kappa shape index (κ2) is 10.2. The Balaban J connectivity index is 2.82. The van der Waals surface area contributed by atoms with Crippen molar-refractivity contribution in [3.05, 3.63) is 12.7 Å². The highest BCUT2D eigenvalue weighted by Crippen LogP contribution is 1.87. The van der Waals surface area contributed by atoms with Gasteiger partial charge in [-0.25, -0.2) is 0 Å². The Kier molecular flexibility index (Phi) is 9.56. The van der Waals surface area contributed by atoms with Gasteiger partial charge in [0.05, 0.1) is 19.8 Å². The van der Waals surface area contributed by atoms with Crippen LogP contribution >= 0.6 is 0 Å². The van der Waals surface area contributed by atoms with E-state index < -0.39 is 0 Å². The summed E-state index contributed by atoms with van der Waals surface area (Å²) in [5, 5.41) is 0. The highest BCUT2D eigenvalue weighted by molar-refractivity contribution is 4.82. The molecule has 0 N–H and O–H groups in total. The first-order chi connectivity index (χ1) is 5.91. The Morgan fingerprint density at radius 3 is 2.67 bits per heavy atom. The maximum atomic E-state index is 5.23. The van der Waals surface area contributed by atoms with E-state index in [1.807, 2.05) is 0 Å². The van der Waals surface area contributed by atoms with Gasteiger partial charge in [0, 0.05) is 13.0 Å². The lowest BCUT2D eigenvalue weighted by atomic mass is 10.3. The molecule has 0 spiro atoms. The number of ether oxygens (including phenoxy) is 2. The molecule has 0 saturated carbocycles. The maximum Gasteiger partial charge on any atom is 0.0704 e. The first-order valence-electron chi connectivity index (χ1n) is 4.11. The topological polar surface area (TPSA) is 18.5 Å². The van der Waals surface area contributed by atoms with Crippen LogP contribution in [0.3, 0.4) is 0 Å². The van der Waals surface area contributed by atoms with Crippen molar-refractivity contribution in [2.75, 3.05) is 26.4 Å². The Bertz CT molecular complexity index is 135. The quantitative estimate of drug-likeness (QED) is 0.311.